The fourth-order valence-corrected chi connectivity index (χ4v) is 2.50. The second-order valence-electron chi connectivity index (χ2n) is 4.47. The molecule has 0 aromatic heterocycles. The molecular weight excluding hydrogens is 238 g/mol. The molecule has 17 heavy (non-hydrogen) atoms. The molecule has 0 aliphatic heterocycles. The van der Waals surface area contributed by atoms with Crippen LogP contribution in [0.1, 0.15) is 30.9 Å². The Morgan fingerprint density at radius 2 is 1.88 bits per heavy atom. The molecule has 0 unspecified atom stereocenters. The van der Waals surface area contributed by atoms with Crippen molar-refractivity contribution in [2.24, 2.45) is 5.73 Å². The lowest BCUT2D eigenvalue weighted by molar-refractivity contribution is 0.385. The van der Waals surface area contributed by atoms with Crippen molar-refractivity contribution in [1.29, 1.82) is 0 Å². The van der Waals surface area contributed by atoms with E-state index >= 15 is 0 Å². The fraction of sp³-hybridized carbons (Fsp3) is 0.538. The summed E-state index contributed by atoms with van der Waals surface area (Å²) in [5, 5.41) is 0.529. The summed E-state index contributed by atoms with van der Waals surface area (Å²) in [5.74, 6) is 1.35. The van der Waals surface area contributed by atoms with Gasteiger partial charge in [-0.2, -0.15) is 0 Å². The van der Waals surface area contributed by atoms with Crippen molar-refractivity contribution in [3.63, 3.8) is 0 Å². The van der Waals surface area contributed by atoms with Crippen LogP contribution in [0.4, 0.5) is 0 Å². The number of methoxy groups -OCH3 is 2. The zero-order valence-corrected chi connectivity index (χ0v) is 11.2. The molecule has 1 fully saturated rings. The molecule has 1 aromatic rings. The summed E-state index contributed by atoms with van der Waals surface area (Å²) in [6, 6.07) is 2.07. The van der Waals surface area contributed by atoms with E-state index in [9.17, 15) is 0 Å². The minimum atomic E-state index is -0.259. The zero-order valence-electron chi connectivity index (χ0n) is 10.5. The lowest BCUT2D eigenvalue weighted by atomic mass is 9.99. The van der Waals surface area contributed by atoms with Crippen LogP contribution in [-0.4, -0.2) is 14.2 Å². The maximum atomic E-state index is 6.33. The average Bonchev–Trinajstić information content (AvgIpc) is 3.07. The normalized spacial score (nSPS) is 16.8. The molecule has 3 nitrogen and oxygen atoms in total. The first-order chi connectivity index (χ1) is 8.07. The van der Waals surface area contributed by atoms with Crippen LogP contribution in [0.2, 0.25) is 5.02 Å². The monoisotopic (exact) mass is 255 g/mol. The summed E-state index contributed by atoms with van der Waals surface area (Å²) >= 11 is 6.33. The molecule has 4 heteroatoms. The topological polar surface area (TPSA) is 44.5 Å². The van der Waals surface area contributed by atoms with E-state index in [1.54, 1.807) is 14.2 Å². The number of nitrogens with two attached hydrogens (primary N) is 1. The maximum absolute atomic E-state index is 6.33. The van der Waals surface area contributed by atoms with Crippen molar-refractivity contribution in [3.8, 4) is 11.5 Å². The Labute approximate surface area is 107 Å². The van der Waals surface area contributed by atoms with Gasteiger partial charge in [-0.1, -0.05) is 18.5 Å². The van der Waals surface area contributed by atoms with Gasteiger partial charge in [-0.05, 0) is 30.9 Å². The summed E-state index contributed by atoms with van der Waals surface area (Å²) in [7, 11) is 3.23. The number of aryl methyl sites for hydroxylation is 1. The third-order valence-corrected chi connectivity index (χ3v) is 3.71. The Bertz CT molecular complexity index is 442. The molecule has 2 N–H and O–H groups in total. The van der Waals surface area contributed by atoms with Crippen LogP contribution in [0.5, 0.6) is 11.5 Å². The minimum Gasteiger partial charge on any atom is -0.495 e. The van der Waals surface area contributed by atoms with E-state index in [0.717, 1.165) is 30.4 Å². The van der Waals surface area contributed by atoms with Gasteiger partial charge in [-0.25, -0.2) is 0 Å². The van der Waals surface area contributed by atoms with Gasteiger partial charge in [0.15, 0.2) is 0 Å². The number of hydrogen-bond donors (Lipinski definition) is 1. The average molecular weight is 256 g/mol. The van der Waals surface area contributed by atoms with E-state index in [0.29, 0.717) is 16.5 Å². The van der Waals surface area contributed by atoms with E-state index in [1.165, 1.54) is 0 Å². The predicted molar refractivity (Wildman–Crippen MR) is 69.0 cm³/mol. The molecule has 0 bridgehead atoms. The first-order valence-corrected chi connectivity index (χ1v) is 6.18. The van der Waals surface area contributed by atoms with E-state index < -0.39 is 0 Å². The lowest BCUT2D eigenvalue weighted by Crippen LogP contribution is -2.20. The quantitative estimate of drug-likeness (QED) is 0.900. The summed E-state index contributed by atoms with van der Waals surface area (Å²) in [6.07, 6.45) is 2.82. The Kier molecular flexibility index (Phi) is 3.23. The minimum absolute atomic E-state index is 0.259. The Morgan fingerprint density at radius 1 is 1.29 bits per heavy atom. The zero-order chi connectivity index (χ0) is 12.6. The first-order valence-electron chi connectivity index (χ1n) is 5.80. The molecule has 0 spiro atoms. The van der Waals surface area contributed by atoms with Gasteiger partial charge in [0.2, 0.25) is 0 Å². The SMILES string of the molecule is CCc1cc(C2(N)CC2)c(OC)c(Cl)c1OC. The van der Waals surface area contributed by atoms with E-state index in [1.807, 2.05) is 0 Å². The van der Waals surface area contributed by atoms with Gasteiger partial charge in [0.25, 0.3) is 0 Å². The van der Waals surface area contributed by atoms with Gasteiger partial charge in [0.05, 0.1) is 14.2 Å². The highest BCUT2D eigenvalue weighted by Crippen LogP contribution is 2.51. The summed E-state index contributed by atoms with van der Waals surface area (Å²) in [5.41, 5.74) is 8.07. The number of halogens is 1. The van der Waals surface area contributed by atoms with Crippen molar-refractivity contribution in [1.82, 2.24) is 0 Å². The van der Waals surface area contributed by atoms with Crippen molar-refractivity contribution < 1.29 is 9.47 Å². The Morgan fingerprint density at radius 3 is 2.29 bits per heavy atom. The van der Waals surface area contributed by atoms with Crippen LogP contribution < -0.4 is 15.2 Å². The van der Waals surface area contributed by atoms with Crippen molar-refractivity contribution in [2.45, 2.75) is 31.7 Å². The standard InChI is InChI=1S/C13H18ClNO2/c1-4-8-7-9(13(15)5-6-13)12(17-3)10(14)11(8)16-2/h7H,4-6,15H2,1-3H3. The van der Waals surface area contributed by atoms with Gasteiger partial charge in [-0.15, -0.1) is 0 Å². The van der Waals surface area contributed by atoms with Crippen LogP contribution in [-0.2, 0) is 12.0 Å². The molecule has 0 atom stereocenters. The predicted octanol–water partition coefficient (Wildman–Crippen LogP) is 2.87. The second kappa shape index (κ2) is 4.39. The molecule has 0 heterocycles. The second-order valence-corrected chi connectivity index (χ2v) is 4.85. The molecule has 0 amide bonds. The highest BCUT2D eigenvalue weighted by atomic mass is 35.5. The van der Waals surface area contributed by atoms with Crippen molar-refractivity contribution >= 4 is 11.6 Å². The molecule has 1 aromatic carbocycles. The third kappa shape index (κ3) is 1.98. The lowest BCUT2D eigenvalue weighted by Gasteiger charge is -2.20. The smallest absolute Gasteiger partial charge is 0.146 e. The molecule has 0 radical (unpaired) electrons. The fourth-order valence-electron chi connectivity index (χ4n) is 2.12. The number of benzene rings is 1. The molecule has 1 aliphatic carbocycles. The Balaban J connectivity index is 2.63. The van der Waals surface area contributed by atoms with E-state index in [-0.39, 0.29) is 5.54 Å². The van der Waals surface area contributed by atoms with Crippen LogP contribution in [0.3, 0.4) is 0 Å². The summed E-state index contributed by atoms with van der Waals surface area (Å²) in [6.45, 7) is 2.07. The van der Waals surface area contributed by atoms with Crippen LogP contribution in [0.25, 0.3) is 0 Å². The first kappa shape index (κ1) is 12.5. The number of ether oxygens (including phenoxy) is 2. The van der Waals surface area contributed by atoms with Crippen molar-refractivity contribution in [3.05, 3.63) is 22.2 Å². The number of hydrogen-bond acceptors (Lipinski definition) is 3. The van der Waals surface area contributed by atoms with Gasteiger partial charge >= 0.3 is 0 Å². The Hall–Kier alpha value is -0.930. The van der Waals surface area contributed by atoms with Gasteiger partial charge in [-0.3, -0.25) is 0 Å². The van der Waals surface area contributed by atoms with E-state index in [4.69, 9.17) is 26.8 Å². The van der Waals surface area contributed by atoms with Crippen LogP contribution in [0.15, 0.2) is 6.07 Å². The highest BCUT2D eigenvalue weighted by molar-refractivity contribution is 6.33. The summed E-state index contributed by atoms with van der Waals surface area (Å²) in [4.78, 5) is 0. The van der Waals surface area contributed by atoms with Gasteiger partial charge < -0.3 is 15.2 Å². The van der Waals surface area contributed by atoms with Crippen LogP contribution in [0, 0.1) is 0 Å². The number of rotatable bonds is 4. The molecule has 1 saturated carbocycles. The van der Waals surface area contributed by atoms with Gasteiger partial charge in [0, 0.05) is 11.1 Å². The molecule has 0 saturated heterocycles. The van der Waals surface area contributed by atoms with Crippen LogP contribution >= 0.6 is 11.6 Å². The molecule has 1 aliphatic rings. The van der Waals surface area contributed by atoms with Gasteiger partial charge in [0.1, 0.15) is 16.5 Å². The summed E-state index contributed by atoms with van der Waals surface area (Å²) < 4.78 is 10.7. The molecular formula is C13H18ClNO2. The maximum Gasteiger partial charge on any atom is 0.146 e. The molecule has 94 valence electrons. The largest absolute Gasteiger partial charge is 0.495 e. The molecule has 2 rings (SSSR count). The highest BCUT2D eigenvalue weighted by Gasteiger charge is 2.43. The third-order valence-electron chi connectivity index (χ3n) is 3.37. The van der Waals surface area contributed by atoms with Crippen molar-refractivity contribution in [2.75, 3.05) is 14.2 Å². The van der Waals surface area contributed by atoms with E-state index in [2.05, 4.69) is 13.0 Å².